The number of nitrogens with zero attached hydrogens (tertiary/aromatic N) is 1. The van der Waals surface area contributed by atoms with Crippen LogP contribution in [0.15, 0.2) is 66.7 Å². The fraction of sp³-hybridized carbons (Fsp3) is 0.150. The molecule has 3 rings (SSSR count). The van der Waals surface area contributed by atoms with Crippen molar-refractivity contribution in [3.05, 3.63) is 77.9 Å². The summed E-state index contributed by atoms with van der Waals surface area (Å²) < 4.78 is 5.12. The molecular formula is C20H19NO2. The predicted molar refractivity (Wildman–Crippen MR) is 92.7 cm³/mol. The van der Waals surface area contributed by atoms with Crippen molar-refractivity contribution in [3.8, 4) is 5.75 Å². The number of carbonyl (C=O) groups is 1. The van der Waals surface area contributed by atoms with Crippen LogP contribution in [0.4, 0.5) is 0 Å². The third-order valence-electron chi connectivity index (χ3n) is 3.92. The monoisotopic (exact) mass is 305 g/mol. The van der Waals surface area contributed by atoms with Gasteiger partial charge in [0, 0.05) is 19.2 Å². The summed E-state index contributed by atoms with van der Waals surface area (Å²) in [6, 6.07) is 21.7. The minimum Gasteiger partial charge on any atom is -0.497 e. The van der Waals surface area contributed by atoms with E-state index in [1.54, 1.807) is 36.3 Å². The fourth-order valence-corrected chi connectivity index (χ4v) is 2.64. The summed E-state index contributed by atoms with van der Waals surface area (Å²) in [6.45, 7) is 0.579. The Kier molecular flexibility index (Phi) is 4.29. The van der Waals surface area contributed by atoms with Crippen molar-refractivity contribution in [1.29, 1.82) is 0 Å². The zero-order valence-corrected chi connectivity index (χ0v) is 13.3. The Bertz CT molecular complexity index is 824. The first-order chi connectivity index (χ1) is 11.2. The Balaban J connectivity index is 1.76. The number of carbonyl (C=O) groups excluding carboxylic acids is 1. The molecule has 0 aromatic heterocycles. The van der Waals surface area contributed by atoms with Gasteiger partial charge in [0.1, 0.15) is 5.75 Å². The van der Waals surface area contributed by atoms with Crippen molar-refractivity contribution in [2.45, 2.75) is 6.54 Å². The topological polar surface area (TPSA) is 29.5 Å². The highest BCUT2D eigenvalue weighted by Crippen LogP contribution is 2.18. The van der Waals surface area contributed by atoms with Gasteiger partial charge in [-0.1, -0.05) is 36.4 Å². The van der Waals surface area contributed by atoms with Crippen molar-refractivity contribution in [3.63, 3.8) is 0 Å². The van der Waals surface area contributed by atoms with Crippen LogP contribution in [0.3, 0.4) is 0 Å². The van der Waals surface area contributed by atoms with Gasteiger partial charge in [-0.15, -0.1) is 0 Å². The number of hydrogen-bond donors (Lipinski definition) is 0. The molecule has 0 aliphatic carbocycles. The zero-order valence-electron chi connectivity index (χ0n) is 13.3. The van der Waals surface area contributed by atoms with Gasteiger partial charge in [0.25, 0.3) is 5.91 Å². The average Bonchev–Trinajstić information content (AvgIpc) is 2.61. The van der Waals surface area contributed by atoms with Crippen LogP contribution < -0.4 is 4.74 Å². The van der Waals surface area contributed by atoms with Crippen molar-refractivity contribution in [2.24, 2.45) is 0 Å². The number of hydrogen-bond acceptors (Lipinski definition) is 2. The Morgan fingerprint density at radius 1 is 0.957 bits per heavy atom. The molecule has 3 heteroatoms. The lowest BCUT2D eigenvalue weighted by atomic mass is 10.1. The lowest BCUT2D eigenvalue weighted by molar-refractivity contribution is 0.0785. The van der Waals surface area contributed by atoms with Crippen LogP contribution in [0, 0.1) is 0 Å². The first-order valence-electron chi connectivity index (χ1n) is 7.54. The van der Waals surface area contributed by atoms with E-state index in [-0.39, 0.29) is 5.91 Å². The van der Waals surface area contributed by atoms with Crippen molar-refractivity contribution < 1.29 is 9.53 Å². The number of ether oxygens (including phenoxy) is 1. The lowest BCUT2D eigenvalue weighted by Crippen LogP contribution is -2.26. The predicted octanol–water partition coefficient (Wildman–Crippen LogP) is 4.12. The van der Waals surface area contributed by atoms with E-state index in [4.69, 9.17) is 4.74 Å². The van der Waals surface area contributed by atoms with Gasteiger partial charge in [0.2, 0.25) is 0 Å². The summed E-state index contributed by atoms with van der Waals surface area (Å²) in [5, 5.41) is 2.40. The van der Waals surface area contributed by atoms with E-state index in [9.17, 15) is 4.79 Å². The summed E-state index contributed by atoms with van der Waals surface area (Å²) in [5.74, 6) is 0.750. The van der Waals surface area contributed by atoms with Gasteiger partial charge < -0.3 is 9.64 Å². The van der Waals surface area contributed by atoms with E-state index >= 15 is 0 Å². The number of methoxy groups -OCH3 is 1. The largest absolute Gasteiger partial charge is 0.497 e. The van der Waals surface area contributed by atoms with Crippen LogP contribution in [0.2, 0.25) is 0 Å². The smallest absolute Gasteiger partial charge is 0.253 e. The molecule has 0 saturated carbocycles. The maximum atomic E-state index is 12.5. The van der Waals surface area contributed by atoms with E-state index in [1.807, 2.05) is 19.2 Å². The molecule has 3 nitrogen and oxygen atoms in total. The minimum atomic E-state index is 0.000752. The normalized spacial score (nSPS) is 10.5. The van der Waals surface area contributed by atoms with Gasteiger partial charge in [-0.2, -0.15) is 0 Å². The molecule has 1 amide bonds. The maximum Gasteiger partial charge on any atom is 0.253 e. The van der Waals surface area contributed by atoms with Gasteiger partial charge in [-0.05, 0) is 46.7 Å². The summed E-state index contributed by atoms with van der Waals surface area (Å²) in [7, 11) is 3.43. The molecule has 116 valence electrons. The highest BCUT2D eigenvalue weighted by molar-refractivity contribution is 5.94. The van der Waals surface area contributed by atoms with E-state index in [0.29, 0.717) is 12.1 Å². The van der Waals surface area contributed by atoms with Crippen molar-refractivity contribution >= 4 is 16.7 Å². The number of amides is 1. The molecule has 0 heterocycles. The lowest BCUT2D eigenvalue weighted by Gasteiger charge is -2.18. The maximum absolute atomic E-state index is 12.5. The van der Waals surface area contributed by atoms with Crippen LogP contribution in [0.25, 0.3) is 10.8 Å². The zero-order chi connectivity index (χ0) is 16.2. The highest BCUT2D eigenvalue weighted by Gasteiger charge is 2.12. The Labute approximate surface area is 136 Å². The van der Waals surface area contributed by atoms with Crippen LogP contribution >= 0.6 is 0 Å². The average molecular weight is 305 g/mol. The molecule has 0 radical (unpaired) electrons. The minimum absolute atomic E-state index is 0.000752. The van der Waals surface area contributed by atoms with E-state index in [2.05, 4.69) is 30.3 Å². The molecule has 0 spiro atoms. The molecule has 23 heavy (non-hydrogen) atoms. The molecule has 0 bridgehead atoms. The first kappa shape index (κ1) is 15.1. The van der Waals surface area contributed by atoms with E-state index in [1.165, 1.54) is 10.8 Å². The number of fused-ring (bicyclic) bond motifs is 1. The molecule has 0 atom stereocenters. The van der Waals surface area contributed by atoms with Gasteiger partial charge in [-0.3, -0.25) is 4.79 Å². The summed E-state index contributed by atoms with van der Waals surface area (Å²) in [6.07, 6.45) is 0. The Morgan fingerprint density at radius 2 is 1.65 bits per heavy atom. The van der Waals surface area contributed by atoms with Gasteiger partial charge in [0.05, 0.1) is 7.11 Å². The van der Waals surface area contributed by atoms with Crippen LogP contribution in [0.5, 0.6) is 5.75 Å². The number of benzene rings is 3. The van der Waals surface area contributed by atoms with Crippen LogP contribution in [-0.4, -0.2) is 25.0 Å². The quantitative estimate of drug-likeness (QED) is 0.725. The summed E-state index contributed by atoms with van der Waals surface area (Å²) >= 11 is 0. The van der Waals surface area contributed by atoms with Gasteiger partial charge in [0.15, 0.2) is 0 Å². The fourth-order valence-electron chi connectivity index (χ4n) is 2.64. The third-order valence-corrected chi connectivity index (χ3v) is 3.92. The van der Waals surface area contributed by atoms with Gasteiger partial charge in [-0.25, -0.2) is 0 Å². The summed E-state index contributed by atoms with van der Waals surface area (Å²) in [5.41, 5.74) is 1.78. The SMILES string of the molecule is COc1ccc(C(=O)N(C)Cc2ccc3ccccc3c2)cc1. The first-order valence-corrected chi connectivity index (χ1v) is 7.54. The molecule has 0 N–H and O–H groups in total. The van der Waals surface area contributed by atoms with E-state index in [0.717, 1.165) is 11.3 Å². The van der Waals surface area contributed by atoms with E-state index < -0.39 is 0 Å². The standard InChI is InChI=1S/C20H19NO2/c1-21(20(22)17-9-11-19(23-2)12-10-17)14-15-7-8-16-5-3-4-6-18(16)13-15/h3-13H,14H2,1-2H3. The van der Waals surface area contributed by atoms with Gasteiger partial charge >= 0.3 is 0 Å². The highest BCUT2D eigenvalue weighted by atomic mass is 16.5. The molecule has 3 aromatic carbocycles. The second-order valence-electron chi connectivity index (χ2n) is 5.57. The Morgan fingerprint density at radius 3 is 2.35 bits per heavy atom. The Hall–Kier alpha value is -2.81. The molecule has 0 aliphatic rings. The van der Waals surface area contributed by atoms with Crippen LogP contribution in [0.1, 0.15) is 15.9 Å². The molecule has 3 aromatic rings. The van der Waals surface area contributed by atoms with Crippen molar-refractivity contribution in [2.75, 3.05) is 14.2 Å². The second kappa shape index (κ2) is 6.53. The summed E-state index contributed by atoms with van der Waals surface area (Å²) in [4.78, 5) is 14.2. The molecular weight excluding hydrogens is 286 g/mol. The van der Waals surface area contributed by atoms with Crippen molar-refractivity contribution in [1.82, 2.24) is 4.90 Å². The molecule has 0 fully saturated rings. The van der Waals surface area contributed by atoms with Crippen LogP contribution in [-0.2, 0) is 6.54 Å². The molecule has 0 aliphatic heterocycles. The molecule has 0 unspecified atom stereocenters. The second-order valence-corrected chi connectivity index (χ2v) is 5.57. The molecule has 0 saturated heterocycles. The number of rotatable bonds is 4. The third kappa shape index (κ3) is 3.34.